The van der Waals surface area contributed by atoms with E-state index in [-0.39, 0.29) is 11.8 Å². The molecule has 0 saturated carbocycles. The molecule has 0 spiro atoms. The molecular weight excluding hydrogens is 78.0 g/mol. The lowest BCUT2D eigenvalue weighted by atomic mass is 10.3. The summed E-state index contributed by atoms with van der Waals surface area (Å²) in [4.78, 5) is 10.1. The average molecular weight is 88.1 g/mol. The maximum atomic E-state index is 10.1. The number of Topliss-reactive ketones (excluding diaryl/α,β-unsaturated/α-hetero) is 1. The molecule has 0 aromatic heterocycles. The van der Waals surface area contributed by atoms with E-state index in [1.54, 1.807) is 6.92 Å². The van der Waals surface area contributed by atoms with Crippen LogP contribution in [0.2, 0.25) is 0 Å². The fourth-order valence-corrected chi connectivity index (χ4v) is 0. The van der Waals surface area contributed by atoms with Crippen LogP contribution in [0.25, 0.3) is 0 Å². The first-order valence-corrected chi connectivity index (χ1v) is 1.98. The lowest BCUT2D eigenvalue weighted by Gasteiger charge is -1.87. The number of quaternary nitrogens is 1. The lowest BCUT2D eigenvalue weighted by Crippen LogP contribution is -2.62. The monoisotopic (exact) mass is 88.1 g/mol. The Morgan fingerprint density at radius 1 is 1.83 bits per heavy atom. The van der Waals surface area contributed by atoms with E-state index in [4.69, 9.17) is 0 Å². The van der Waals surface area contributed by atoms with Crippen LogP contribution in [0, 0.1) is 0 Å². The molecule has 36 valence electrons. The first-order chi connectivity index (χ1) is 2.64. The number of rotatable bonds is 1. The molecule has 0 aromatic rings. The van der Waals surface area contributed by atoms with Crippen molar-refractivity contribution in [2.45, 2.75) is 19.9 Å². The second-order valence-corrected chi connectivity index (χ2v) is 1.51. The van der Waals surface area contributed by atoms with E-state index >= 15 is 0 Å². The second kappa shape index (κ2) is 1.92. The van der Waals surface area contributed by atoms with Crippen LogP contribution >= 0.6 is 0 Å². The Kier molecular flexibility index (Phi) is 1.81. The summed E-state index contributed by atoms with van der Waals surface area (Å²) in [6.07, 6.45) is 0. The Labute approximate surface area is 37.3 Å². The van der Waals surface area contributed by atoms with E-state index in [0.717, 1.165) is 0 Å². The van der Waals surface area contributed by atoms with Crippen LogP contribution in [0.3, 0.4) is 0 Å². The normalized spacial score (nSPS) is 13.8. The van der Waals surface area contributed by atoms with Crippen LogP contribution in [0.4, 0.5) is 0 Å². The van der Waals surface area contributed by atoms with Gasteiger partial charge in [0.25, 0.3) is 0 Å². The summed E-state index contributed by atoms with van der Waals surface area (Å²) < 4.78 is 0. The quantitative estimate of drug-likeness (QED) is 0.448. The fraction of sp³-hybridized carbons (Fsp3) is 0.750. The zero-order valence-corrected chi connectivity index (χ0v) is 4.19. The Bertz CT molecular complexity index is 58.6. The largest absolute Gasteiger partial charge is 0.349 e. The van der Waals surface area contributed by atoms with E-state index in [2.05, 4.69) is 5.73 Å². The van der Waals surface area contributed by atoms with Crippen LogP contribution in [0.1, 0.15) is 13.8 Å². The molecule has 3 N–H and O–H groups in total. The van der Waals surface area contributed by atoms with Crippen molar-refractivity contribution >= 4 is 5.78 Å². The summed E-state index contributed by atoms with van der Waals surface area (Å²) in [5.41, 5.74) is 3.49. The van der Waals surface area contributed by atoms with Crippen molar-refractivity contribution in [2.24, 2.45) is 0 Å². The third-order valence-electron chi connectivity index (χ3n) is 0.694. The summed E-state index contributed by atoms with van der Waals surface area (Å²) in [6.45, 7) is 3.32. The van der Waals surface area contributed by atoms with Crippen LogP contribution in [0.5, 0.6) is 0 Å². The zero-order valence-electron chi connectivity index (χ0n) is 4.19. The third kappa shape index (κ3) is 1.91. The van der Waals surface area contributed by atoms with Crippen LogP contribution in [-0.2, 0) is 4.79 Å². The number of carbonyl (C=O) groups is 1. The molecule has 0 heterocycles. The molecule has 0 saturated heterocycles. The minimum atomic E-state index is -0.0370. The second-order valence-electron chi connectivity index (χ2n) is 1.51. The highest BCUT2D eigenvalue weighted by atomic mass is 16.1. The highest BCUT2D eigenvalue weighted by Crippen LogP contribution is 1.68. The van der Waals surface area contributed by atoms with Gasteiger partial charge in [-0.1, -0.05) is 0 Å². The van der Waals surface area contributed by atoms with Gasteiger partial charge in [0.05, 0.1) is 0 Å². The Balaban J connectivity index is 3.26. The molecule has 2 nitrogen and oxygen atoms in total. The van der Waals surface area contributed by atoms with Gasteiger partial charge in [0.15, 0.2) is 5.78 Å². The Morgan fingerprint density at radius 3 is 2.00 bits per heavy atom. The van der Waals surface area contributed by atoms with Crippen molar-refractivity contribution in [1.29, 1.82) is 0 Å². The molecular formula is C4H10NO+. The lowest BCUT2D eigenvalue weighted by molar-refractivity contribution is -0.397. The van der Waals surface area contributed by atoms with Gasteiger partial charge in [-0.05, 0) is 6.92 Å². The molecule has 0 radical (unpaired) electrons. The summed E-state index contributed by atoms with van der Waals surface area (Å²) in [6, 6.07) is -0.0370. The number of ketones is 1. The minimum absolute atomic E-state index is 0.0370. The summed E-state index contributed by atoms with van der Waals surface area (Å²) in [7, 11) is 0. The third-order valence-corrected chi connectivity index (χ3v) is 0.694. The van der Waals surface area contributed by atoms with E-state index in [0.29, 0.717) is 0 Å². The first kappa shape index (κ1) is 5.63. The molecule has 0 aliphatic heterocycles. The molecule has 0 aromatic carbocycles. The summed E-state index contributed by atoms with van der Waals surface area (Å²) in [5, 5.41) is 0. The van der Waals surface area contributed by atoms with E-state index < -0.39 is 0 Å². The van der Waals surface area contributed by atoms with Crippen molar-refractivity contribution in [3.8, 4) is 0 Å². The van der Waals surface area contributed by atoms with Crippen molar-refractivity contribution in [3.63, 3.8) is 0 Å². The minimum Gasteiger partial charge on any atom is -0.349 e. The molecule has 0 aliphatic rings. The summed E-state index contributed by atoms with van der Waals surface area (Å²) in [5.74, 6) is 0.148. The van der Waals surface area contributed by atoms with E-state index in [1.165, 1.54) is 6.92 Å². The highest BCUT2D eigenvalue weighted by molar-refractivity contribution is 5.79. The standard InChI is InChI=1S/C4H9NO/c1-3(5)4(2)6/h3H,5H2,1-2H3/p+1/t3-/m0/s1. The molecule has 0 amide bonds. The van der Waals surface area contributed by atoms with Crippen molar-refractivity contribution in [2.75, 3.05) is 0 Å². The summed E-state index contributed by atoms with van der Waals surface area (Å²) >= 11 is 0. The molecule has 0 bridgehead atoms. The van der Waals surface area contributed by atoms with Gasteiger partial charge in [-0.2, -0.15) is 0 Å². The average Bonchev–Trinajstić information content (AvgIpc) is 1.36. The van der Waals surface area contributed by atoms with Gasteiger partial charge in [0.2, 0.25) is 0 Å². The van der Waals surface area contributed by atoms with Crippen LogP contribution < -0.4 is 5.73 Å². The molecule has 0 unspecified atom stereocenters. The maximum absolute atomic E-state index is 10.1. The van der Waals surface area contributed by atoms with E-state index in [1.807, 2.05) is 0 Å². The number of carbonyl (C=O) groups excluding carboxylic acids is 1. The van der Waals surface area contributed by atoms with Crippen LogP contribution in [0.15, 0.2) is 0 Å². The van der Waals surface area contributed by atoms with Crippen molar-refractivity contribution < 1.29 is 10.5 Å². The number of hydrogen-bond acceptors (Lipinski definition) is 1. The van der Waals surface area contributed by atoms with Gasteiger partial charge in [-0.3, -0.25) is 4.79 Å². The molecule has 2 heteroatoms. The van der Waals surface area contributed by atoms with Crippen molar-refractivity contribution in [1.82, 2.24) is 0 Å². The first-order valence-electron chi connectivity index (χ1n) is 1.98. The van der Waals surface area contributed by atoms with Gasteiger partial charge in [0, 0.05) is 6.92 Å². The van der Waals surface area contributed by atoms with Gasteiger partial charge < -0.3 is 5.73 Å². The van der Waals surface area contributed by atoms with Crippen molar-refractivity contribution in [3.05, 3.63) is 0 Å². The Morgan fingerprint density at radius 2 is 2.00 bits per heavy atom. The van der Waals surface area contributed by atoms with Crippen LogP contribution in [-0.4, -0.2) is 11.8 Å². The fourth-order valence-electron chi connectivity index (χ4n) is 0. The van der Waals surface area contributed by atoms with Gasteiger partial charge in [0.1, 0.15) is 6.04 Å². The molecule has 1 atom stereocenters. The SMILES string of the molecule is CC(=O)[C@H](C)[NH3+]. The topological polar surface area (TPSA) is 44.7 Å². The Hall–Kier alpha value is -0.370. The molecule has 0 rings (SSSR count). The zero-order chi connectivity index (χ0) is 5.15. The predicted molar refractivity (Wildman–Crippen MR) is 23.0 cm³/mol. The molecule has 0 fully saturated rings. The molecule has 0 aliphatic carbocycles. The molecule has 6 heavy (non-hydrogen) atoms. The predicted octanol–water partition coefficient (Wildman–Crippen LogP) is -0.794. The van der Waals surface area contributed by atoms with Gasteiger partial charge >= 0.3 is 0 Å². The van der Waals surface area contributed by atoms with E-state index in [9.17, 15) is 4.79 Å². The smallest absolute Gasteiger partial charge is 0.186 e. The number of hydrogen-bond donors (Lipinski definition) is 1. The van der Waals surface area contributed by atoms with Gasteiger partial charge in [-0.15, -0.1) is 0 Å². The maximum Gasteiger partial charge on any atom is 0.186 e. The highest BCUT2D eigenvalue weighted by Gasteiger charge is 1.99. The van der Waals surface area contributed by atoms with Gasteiger partial charge in [-0.25, -0.2) is 0 Å².